The first-order valence-corrected chi connectivity index (χ1v) is 9.22. The second kappa shape index (κ2) is 10.3. The zero-order chi connectivity index (χ0) is 19.6. The Labute approximate surface area is 160 Å². The minimum atomic E-state index is -0.514. The topological polar surface area (TPSA) is 70.7 Å². The average Bonchev–Trinajstić information content (AvgIpc) is 2.67. The van der Waals surface area contributed by atoms with Crippen molar-refractivity contribution in [3.05, 3.63) is 59.7 Å². The van der Waals surface area contributed by atoms with Crippen LogP contribution in [0.5, 0.6) is 0 Å². The quantitative estimate of drug-likeness (QED) is 0.726. The summed E-state index contributed by atoms with van der Waals surface area (Å²) >= 11 is 0. The molecule has 0 saturated carbocycles. The fraction of sp³-hybridized carbons (Fsp3) is 0.333. The first-order valence-electron chi connectivity index (χ1n) is 9.22. The third-order valence-corrected chi connectivity index (χ3v) is 4.15. The van der Waals surface area contributed by atoms with E-state index in [1.165, 1.54) is 0 Å². The van der Waals surface area contributed by atoms with Gasteiger partial charge in [0.15, 0.2) is 0 Å². The normalized spacial score (nSPS) is 10.5. The number of carbonyl (C=O) groups excluding carboxylic acids is 2. The van der Waals surface area contributed by atoms with Crippen LogP contribution in [0.3, 0.4) is 0 Å². The number of carbonyl (C=O) groups is 2. The van der Waals surface area contributed by atoms with Crippen LogP contribution in [-0.2, 0) is 11.3 Å². The summed E-state index contributed by atoms with van der Waals surface area (Å²) in [4.78, 5) is 26.2. The molecule has 0 saturated heterocycles. The maximum absolute atomic E-state index is 12.5. The molecule has 0 unspecified atom stereocenters. The Morgan fingerprint density at radius 1 is 0.926 bits per heavy atom. The Kier molecular flexibility index (Phi) is 7.82. The van der Waals surface area contributed by atoms with E-state index in [9.17, 15) is 9.59 Å². The Hall–Kier alpha value is -2.86. The van der Waals surface area contributed by atoms with E-state index in [4.69, 9.17) is 4.74 Å². The molecule has 0 bridgehead atoms. The third kappa shape index (κ3) is 6.42. The lowest BCUT2D eigenvalue weighted by Gasteiger charge is -2.18. The molecule has 0 fully saturated rings. The first kappa shape index (κ1) is 20.5. The van der Waals surface area contributed by atoms with E-state index < -0.39 is 6.09 Å². The predicted octanol–water partition coefficient (Wildman–Crippen LogP) is 4.35. The van der Waals surface area contributed by atoms with Crippen molar-refractivity contribution in [2.24, 2.45) is 0 Å². The summed E-state index contributed by atoms with van der Waals surface area (Å²) in [5.41, 5.74) is 3.01. The van der Waals surface area contributed by atoms with Gasteiger partial charge in [0.1, 0.15) is 0 Å². The molecule has 27 heavy (non-hydrogen) atoms. The van der Waals surface area contributed by atoms with Crippen LogP contribution in [0.1, 0.15) is 36.7 Å². The molecule has 0 aliphatic heterocycles. The third-order valence-electron chi connectivity index (χ3n) is 4.15. The summed E-state index contributed by atoms with van der Waals surface area (Å²) in [5, 5.41) is 5.52. The van der Waals surface area contributed by atoms with Crippen molar-refractivity contribution >= 4 is 23.4 Å². The molecule has 2 aromatic rings. The highest BCUT2D eigenvalue weighted by molar-refractivity contribution is 6.04. The molecule has 0 aliphatic rings. The maximum atomic E-state index is 12.5. The summed E-state index contributed by atoms with van der Waals surface area (Å²) in [6, 6.07) is 14.5. The molecule has 0 aliphatic carbocycles. The Morgan fingerprint density at radius 2 is 1.63 bits per heavy atom. The van der Waals surface area contributed by atoms with Crippen molar-refractivity contribution < 1.29 is 14.3 Å². The van der Waals surface area contributed by atoms with Gasteiger partial charge in [-0.25, -0.2) is 4.79 Å². The molecular weight excluding hydrogens is 342 g/mol. The fourth-order valence-electron chi connectivity index (χ4n) is 2.65. The van der Waals surface area contributed by atoms with Crippen LogP contribution in [0, 0.1) is 0 Å². The van der Waals surface area contributed by atoms with Gasteiger partial charge >= 0.3 is 6.09 Å². The molecule has 2 amide bonds. The average molecular weight is 369 g/mol. The smallest absolute Gasteiger partial charge is 0.411 e. The fourth-order valence-corrected chi connectivity index (χ4v) is 2.65. The first-order chi connectivity index (χ1) is 13.0. The van der Waals surface area contributed by atoms with Gasteiger partial charge in [-0.3, -0.25) is 15.0 Å². The van der Waals surface area contributed by atoms with Gasteiger partial charge in [-0.2, -0.15) is 0 Å². The minimum absolute atomic E-state index is 0.197. The molecule has 6 nitrogen and oxygen atoms in total. The van der Waals surface area contributed by atoms with Gasteiger partial charge in [0, 0.05) is 23.5 Å². The molecule has 0 spiro atoms. The zero-order valence-corrected chi connectivity index (χ0v) is 16.1. The van der Waals surface area contributed by atoms with Crippen molar-refractivity contribution in [3.8, 4) is 0 Å². The number of hydrogen-bond acceptors (Lipinski definition) is 4. The lowest BCUT2D eigenvalue weighted by molar-refractivity contribution is 0.102. The van der Waals surface area contributed by atoms with Crippen molar-refractivity contribution in [2.45, 2.75) is 27.3 Å². The number of nitrogens with zero attached hydrogens (tertiary/aromatic N) is 1. The van der Waals surface area contributed by atoms with Crippen molar-refractivity contribution in [3.63, 3.8) is 0 Å². The highest BCUT2D eigenvalue weighted by Gasteiger charge is 2.08. The molecule has 2 aromatic carbocycles. The molecule has 0 atom stereocenters. The number of anilines is 2. The lowest BCUT2D eigenvalue weighted by Crippen LogP contribution is -2.22. The summed E-state index contributed by atoms with van der Waals surface area (Å²) in [7, 11) is 0. The van der Waals surface area contributed by atoms with Crippen LogP contribution < -0.4 is 10.6 Å². The number of nitrogens with one attached hydrogen (secondary N) is 2. The molecule has 144 valence electrons. The van der Waals surface area contributed by atoms with E-state index in [-0.39, 0.29) is 5.91 Å². The van der Waals surface area contributed by atoms with Gasteiger partial charge in [0.05, 0.1) is 6.61 Å². The Morgan fingerprint density at radius 3 is 2.26 bits per heavy atom. The van der Waals surface area contributed by atoms with Crippen LogP contribution in [-0.4, -0.2) is 36.6 Å². The van der Waals surface area contributed by atoms with Gasteiger partial charge in [-0.15, -0.1) is 0 Å². The summed E-state index contributed by atoms with van der Waals surface area (Å²) < 4.78 is 4.82. The molecule has 0 aromatic heterocycles. The van der Waals surface area contributed by atoms with Crippen molar-refractivity contribution in [1.82, 2.24) is 4.90 Å². The highest BCUT2D eigenvalue weighted by atomic mass is 16.5. The van der Waals surface area contributed by atoms with Crippen LogP contribution in [0.4, 0.5) is 16.2 Å². The minimum Gasteiger partial charge on any atom is -0.450 e. The number of rotatable bonds is 8. The number of ether oxygens (including phenoxy) is 1. The molecule has 2 N–H and O–H groups in total. The monoisotopic (exact) mass is 369 g/mol. The van der Waals surface area contributed by atoms with E-state index in [0.717, 1.165) is 30.9 Å². The second-order valence-corrected chi connectivity index (χ2v) is 6.04. The van der Waals surface area contributed by atoms with E-state index in [2.05, 4.69) is 35.4 Å². The standard InChI is InChI=1S/C21H27N3O3/c1-4-24(5-2)15-16-8-7-9-19(14-16)22-20(25)17-10-12-18(13-11-17)23-21(26)27-6-3/h7-14H,4-6,15H2,1-3H3,(H,22,25)(H,23,26). The zero-order valence-electron chi connectivity index (χ0n) is 16.1. The van der Waals surface area contributed by atoms with Crippen LogP contribution >= 0.6 is 0 Å². The van der Waals surface area contributed by atoms with Gasteiger partial charge in [-0.05, 0) is 62.0 Å². The maximum Gasteiger partial charge on any atom is 0.411 e. The van der Waals surface area contributed by atoms with Crippen molar-refractivity contribution in [1.29, 1.82) is 0 Å². The SMILES string of the molecule is CCOC(=O)Nc1ccc(C(=O)Nc2cccc(CN(CC)CC)c2)cc1. The van der Waals surface area contributed by atoms with Crippen LogP contribution in [0.15, 0.2) is 48.5 Å². The van der Waals surface area contributed by atoms with Crippen molar-refractivity contribution in [2.75, 3.05) is 30.3 Å². The van der Waals surface area contributed by atoms with Gasteiger partial charge in [0.2, 0.25) is 0 Å². The molecule has 0 heterocycles. The van der Waals surface area contributed by atoms with E-state index in [1.54, 1.807) is 31.2 Å². The second-order valence-electron chi connectivity index (χ2n) is 6.04. The largest absolute Gasteiger partial charge is 0.450 e. The van der Waals surface area contributed by atoms with Crippen LogP contribution in [0.2, 0.25) is 0 Å². The summed E-state index contributed by atoms with van der Waals surface area (Å²) in [5.74, 6) is -0.197. The van der Waals surface area contributed by atoms with E-state index in [1.807, 2.05) is 18.2 Å². The van der Waals surface area contributed by atoms with Gasteiger partial charge in [0.25, 0.3) is 5.91 Å². The Bertz CT molecular complexity index is 756. The number of hydrogen-bond donors (Lipinski definition) is 2. The molecule has 6 heteroatoms. The molecular formula is C21H27N3O3. The summed E-state index contributed by atoms with van der Waals surface area (Å²) in [6.07, 6.45) is -0.514. The Balaban J connectivity index is 1.99. The van der Waals surface area contributed by atoms with Gasteiger partial charge in [-0.1, -0.05) is 26.0 Å². The lowest BCUT2D eigenvalue weighted by atomic mass is 10.1. The number of amides is 2. The van der Waals surface area contributed by atoms with E-state index >= 15 is 0 Å². The van der Waals surface area contributed by atoms with Gasteiger partial charge < -0.3 is 10.1 Å². The van der Waals surface area contributed by atoms with Crippen LogP contribution in [0.25, 0.3) is 0 Å². The number of benzene rings is 2. The highest BCUT2D eigenvalue weighted by Crippen LogP contribution is 2.15. The molecule has 0 radical (unpaired) electrons. The summed E-state index contributed by atoms with van der Waals surface area (Å²) in [6.45, 7) is 9.14. The van der Waals surface area contributed by atoms with E-state index in [0.29, 0.717) is 17.9 Å². The predicted molar refractivity (Wildman–Crippen MR) is 108 cm³/mol. The molecule has 2 rings (SSSR count).